The highest BCUT2D eigenvalue weighted by molar-refractivity contribution is 4.94. The minimum absolute atomic E-state index is 0.127. The summed E-state index contributed by atoms with van der Waals surface area (Å²) in [5.74, 6) is 0.886. The van der Waals surface area contributed by atoms with Crippen molar-refractivity contribution in [1.82, 2.24) is 5.32 Å². The third-order valence-corrected chi connectivity index (χ3v) is 2.93. The zero-order chi connectivity index (χ0) is 10.6. The molecule has 0 aliphatic heterocycles. The summed E-state index contributed by atoms with van der Waals surface area (Å²) in [7, 11) is 3.37. The molecule has 0 heterocycles. The predicted molar refractivity (Wildman–Crippen MR) is 57.2 cm³/mol. The first-order valence-corrected chi connectivity index (χ1v) is 5.54. The molecule has 0 aromatic rings. The Morgan fingerprint density at radius 1 is 1.36 bits per heavy atom. The van der Waals surface area contributed by atoms with Crippen LogP contribution in [0.5, 0.6) is 0 Å². The molecule has 0 spiro atoms. The number of hydrogen-bond donors (Lipinski definition) is 1. The van der Waals surface area contributed by atoms with Crippen LogP contribution in [0.15, 0.2) is 0 Å². The molecule has 1 aliphatic rings. The Morgan fingerprint density at radius 3 is 2.50 bits per heavy atom. The summed E-state index contributed by atoms with van der Waals surface area (Å²) in [4.78, 5) is 0. The Balaban J connectivity index is 2.18. The van der Waals surface area contributed by atoms with Crippen LogP contribution in [0.1, 0.15) is 33.1 Å². The highest BCUT2D eigenvalue weighted by atomic mass is 16.7. The fourth-order valence-electron chi connectivity index (χ4n) is 2.06. The topological polar surface area (TPSA) is 30.5 Å². The van der Waals surface area contributed by atoms with Crippen molar-refractivity contribution in [1.29, 1.82) is 0 Å². The second-order valence-corrected chi connectivity index (χ2v) is 4.19. The summed E-state index contributed by atoms with van der Waals surface area (Å²) in [5, 5.41) is 3.54. The van der Waals surface area contributed by atoms with E-state index in [9.17, 15) is 0 Å². The number of ether oxygens (including phenoxy) is 2. The highest BCUT2D eigenvalue weighted by Gasteiger charge is 2.37. The Kier molecular flexibility index (Phi) is 4.85. The van der Waals surface area contributed by atoms with Crippen molar-refractivity contribution < 1.29 is 9.47 Å². The van der Waals surface area contributed by atoms with Gasteiger partial charge in [-0.2, -0.15) is 0 Å². The highest BCUT2D eigenvalue weighted by Crippen LogP contribution is 2.35. The van der Waals surface area contributed by atoms with Gasteiger partial charge < -0.3 is 14.8 Å². The maximum Gasteiger partial charge on any atom is 0.171 e. The van der Waals surface area contributed by atoms with Crippen molar-refractivity contribution in [2.45, 2.75) is 51.5 Å². The van der Waals surface area contributed by atoms with Gasteiger partial charge in [-0.05, 0) is 25.7 Å². The van der Waals surface area contributed by atoms with Gasteiger partial charge in [0.2, 0.25) is 0 Å². The fourth-order valence-corrected chi connectivity index (χ4v) is 2.06. The van der Waals surface area contributed by atoms with E-state index in [-0.39, 0.29) is 12.3 Å². The van der Waals surface area contributed by atoms with Gasteiger partial charge in [-0.15, -0.1) is 0 Å². The van der Waals surface area contributed by atoms with Gasteiger partial charge in [0, 0.05) is 20.3 Å². The Bertz CT molecular complexity index is 159. The van der Waals surface area contributed by atoms with E-state index in [1.54, 1.807) is 14.2 Å². The van der Waals surface area contributed by atoms with Gasteiger partial charge in [0.05, 0.1) is 6.04 Å². The van der Waals surface area contributed by atoms with Gasteiger partial charge in [-0.25, -0.2) is 0 Å². The van der Waals surface area contributed by atoms with Crippen LogP contribution in [0.2, 0.25) is 0 Å². The van der Waals surface area contributed by atoms with Crippen molar-refractivity contribution in [3.63, 3.8) is 0 Å². The SMILES string of the molecule is CCCC1CC1NC(C)C(OC)OC. The van der Waals surface area contributed by atoms with E-state index < -0.39 is 0 Å². The standard InChI is InChI=1S/C11H23NO2/c1-5-6-9-7-10(9)12-8(2)11(13-3)14-4/h8-12H,5-7H2,1-4H3. The molecule has 3 heteroatoms. The van der Waals surface area contributed by atoms with Crippen molar-refractivity contribution in [3.05, 3.63) is 0 Å². The zero-order valence-electron chi connectivity index (χ0n) is 9.75. The average Bonchev–Trinajstić information content (AvgIpc) is 2.86. The molecule has 0 amide bonds. The van der Waals surface area contributed by atoms with Crippen LogP contribution >= 0.6 is 0 Å². The molecule has 84 valence electrons. The maximum absolute atomic E-state index is 5.20. The smallest absolute Gasteiger partial charge is 0.171 e. The quantitative estimate of drug-likeness (QED) is 0.637. The molecule has 3 atom stereocenters. The lowest BCUT2D eigenvalue weighted by atomic mass is 10.2. The number of nitrogens with one attached hydrogen (secondary N) is 1. The largest absolute Gasteiger partial charge is 0.354 e. The molecule has 14 heavy (non-hydrogen) atoms. The van der Waals surface area contributed by atoms with Gasteiger partial charge in [0.25, 0.3) is 0 Å². The normalized spacial score (nSPS) is 28.1. The van der Waals surface area contributed by atoms with Gasteiger partial charge in [0.1, 0.15) is 0 Å². The first kappa shape index (κ1) is 12.0. The van der Waals surface area contributed by atoms with Gasteiger partial charge in [0.15, 0.2) is 6.29 Å². The Labute approximate surface area is 87.2 Å². The molecule has 1 saturated carbocycles. The summed E-state index contributed by atoms with van der Waals surface area (Å²) in [6.07, 6.45) is 3.82. The molecular formula is C11H23NO2. The van der Waals surface area contributed by atoms with E-state index in [1.807, 2.05) is 0 Å². The van der Waals surface area contributed by atoms with Gasteiger partial charge in [-0.3, -0.25) is 0 Å². The molecule has 1 rings (SSSR count). The van der Waals surface area contributed by atoms with E-state index in [0.717, 1.165) is 5.92 Å². The second-order valence-electron chi connectivity index (χ2n) is 4.19. The minimum atomic E-state index is -0.127. The van der Waals surface area contributed by atoms with E-state index in [4.69, 9.17) is 9.47 Å². The summed E-state index contributed by atoms with van der Waals surface area (Å²) >= 11 is 0. The summed E-state index contributed by atoms with van der Waals surface area (Å²) in [6.45, 7) is 4.35. The number of rotatable bonds is 7. The molecule has 0 aromatic heterocycles. The number of methoxy groups -OCH3 is 2. The molecule has 0 radical (unpaired) electrons. The van der Waals surface area contributed by atoms with Gasteiger partial charge >= 0.3 is 0 Å². The van der Waals surface area contributed by atoms with E-state index in [1.165, 1.54) is 19.3 Å². The van der Waals surface area contributed by atoms with Crippen molar-refractivity contribution in [2.75, 3.05) is 14.2 Å². The van der Waals surface area contributed by atoms with Crippen LogP contribution in [0, 0.1) is 5.92 Å². The van der Waals surface area contributed by atoms with Crippen LogP contribution in [0.25, 0.3) is 0 Å². The van der Waals surface area contributed by atoms with Crippen LogP contribution in [0.3, 0.4) is 0 Å². The molecule has 0 bridgehead atoms. The first-order chi connectivity index (χ1) is 6.72. The lowest BCUT2D eigenvalue weighted by Gasteiger charge is -2.22. The molecular weight excluding hydrogens is 178 g/mol. The third kappa shape index (κ3) is 3.23. The predicted octanol–water partition coefficient (Wildman–Crippen LogP) is 1.77. The minimum Gasteiger partial charge on any atom is -0.354 e. The molecule has 1 N–H and O–H groups in total. The lowest BCUT2D eigenvalue weighted by Crippen LogP contribution is -2.41. The molecule has 0 aromatic carbocycles. The molecule has 3 unspecified atom stereocenters. The van der Waals surface area contributed by atoms with Crippen LogP contribution in [-0.2, 0) is 9.47 Å². The van der Waals surface area contributed by atoms with Crippen molar-refractivity contribution >= 4 is 0 Å². The third-order valence-electron chi connectivity index (χ3n) is 2.93. The van der Waals surface area contributed by atoms with Crippen molar-refractivity contribution in [2.24, 2.45) is 5.92 Å². The van der Waals surface area contributed by atoms with Crippen LogP contribution in [-0.4, -0.2) is 32.6 Å². The van der Waals surface area contributed by atoms with Crippen LogP contribution < -0.4 is 5.32 Å². The summed E-state index contributed by atoms with van der Waals surface area (Å²) in [5.41, 5.74) is 0. The molecule has 1 fully saturated rings. The first-order valence-electron chi connectivity index (χ1n) is 5.54. The zero-order valence-corrected chi connectivity index (χ0v) is 9.75. The van der Waals surface area contributed by atoms with Gasteiger partial charge in [-0.1, -0.05) is 13.3 Å². The van der Waals surface area contributed by atoms with Crippen molar-refractivity contribution in [3.8, 4) is 0 Å². The van der Waals surface area contributed by atoms with E-state index >= 15 is 0 Å². The Morgan fingerprint density at radius 2 is 2.00 bits per heavy atom. The number of hydrogen-bond acceptors (Lipinski definition) is 3. The maximum atomic E-state index is 5.20. The monoisotopic (exact) mass is 201 g/mol. The lowest BCUT2D eigenvalue weighted by molar-refractivity contribution is -0.119. The molecule has 0 saturated heterocycles. The fraction of sp³-hybridized carbons (Fsp3) is 1.00. The summed E-state index contributed by atoms with van der Waals surface area (Å²) in [6, 6.07) is 0.967. The molecule has 3 nitrogen and oxygen atoms in total. The molecule has 1 aliphatic carbocycles. The Hall–Kier alpha value is -0.120. The average molecular weight is 201 g/mol. The van der Waals surface area contributed by atoms with E-state index in [2.05, 4.69) is 19.2 Å². The van der Waals surface area contributed by atoms with E-state index in [0.29, 0.717) is 6.04 Å². The van der Waals surface area contributed by atoms with Crippen LogP contribution in [0.4, 0.5) is 0 Å². The second kappa shape index (κ2) is 5.69. The summed E-state index contributed by atoms with van der Waals surface area (Å²) < 4.78 is 10.4.